The number of benzene rings is 11. The Bertz CT molecular complexity index is 3820. The zero-order valence-electron chi connectivity index (χ0n) is 43.8. The Kier molecular flexibility index (Phi) is 9.78. The number of hydrogen-bond donors (Lipinski definition) is 0. The lowest BCUT2D eigenvalue weighted by Crippen LogP contribution is -2.60. The zero-order valence-corrected chi connectivity index (χ0v) is 43.8. The van der Waals surface area contributed by atoms with E-state index in [9.17, 15) is 0 Å². The Hall–Kier alpha value is -8.46. The average molecular weight is 977 g/mol. The summed E-state index contributed by atoms with van der Waals surface area (Å²) >= 11 is 0. The molecule has 11 aromatic carbocycles. The second-order valence-electron chi connectivity index (χ2n) is 23.2. The van der Waals surface area contributed by atoms with Crippen LogP contribution in [0, 0.1) is 0 Å². The van der Waals surface area contributed by atoms with E-state index >= 15 is 0 Å². The number of rotatable bonds is 8. The van der Waals surface area contributed by atoms with E-state index in [-0.39, 0.29) is 21.9 Å². The fourth-order valence-corrected chi connectivity index (χ4v) is 14.7. The van der Waals surface area contributed by atoms with Gasteiger partial charge in [-0.2, -0.15) is 0 Å². The molecule has 0 bridgehead atoms. The second-order valence-corrected chi connectivity index (χ2v) is 23.2. The zero-order chi connectivity index (χ0) is 51.0. The minimum absolute atomic E-state index is 0.0264. The van der Waals surface area contributed by atoms with Gasteiger partial charge in [0.05, 0.1) is 11.1 Å². The predicted octanol–water partition coefficient (Wildman–Crippen LogP) is 19.9. The summed E-state index contributed by atoms with van der Waals surface area (Å²) in [6, 6.07) is 91.6. The van der Waals surface area contributed by atoms with Crippen LogP contribution in [0.4, 0.5) is 22.7 Å². The van der Waals surface area contributed by atoms with Crippen LogP contribution in [0.5, 0.6) is 0 Å². The largest absolute Gasteiger partial charge is 0.334 e. The van der Waals surface area contributed by atoms with Crippen LogP contribution < -0.4 is 9.80 Å². The first kappa shape index (κ1) is 45.0. The first-order valence-corrected chi connectivity index (χ1v) is 27.5. The third kappa shape index (κ3) is 6.34. The average Bonchev–Trinajstić information content (AvgIpc) is 3.92. The van der Waals surface area contributed by atoms with Gasteiger partial charge >= 0.3 is 0 Å². The Morgan fingerprint density at radius 3 is 0.921 bits per heavy atom. The van der Waals surface area contributed by atoms with Crippen molar-refractivity contribution < 1.29 is 0 Å². The fourth-order valence-electron chi connectivity index (χ4n) is 14.7. The van der Waals surface area contributed by atoms with Crippen molar-refractivity contribution in [1.29, 1.82) is 0 Å². The molecule has 0 amide bonds. The molecular weight excluding hydrogens is 917 g/mol. The van der Waals surface area contributed by atoms with Crippen molar-refractivity contribution in [3.63, 3.8) is 0 Å². The molecule has 0 aromatic heterocycles. The van der Waals surface area contributed by atoms with Crippen molar-refractivity contribution in [2.24, 2.45) is 0 Å². The maximum absolute atomic E-state index is 2.63. The molecule has 11 aromatic rings. The van der Waals surface area contributed by atoms with Crippen LogP contribution in [0.3, 0.4) is 0 Å². The minimum atomic E-state index is 0.0264. The van der Waals surface area contributed by atoms with Crippen LogP contribution in [0.2, 0.25) is 0 Å². The van der Waals surface area contributed by atoms with Crippen LogP contribution in [-0.2, 0) is 10.8 Å². The smallest absolute Gasteiger partial charge is 0.0518 e. The van der Waals surface area contributed by atoms with E-state index in [1.165, 1.54) is 148 Å². The quantitative estimate of drug-likeness (QED) is 0.140. The van der Waals surface area contributed by atoms with Crippen molar-refractivity contribution >= 4 is 44.3 Å². The lowest BCUT2D eigenvalue weighted by atomic mass is 9.55. The van der Waals surface area contributed by atoms with Gasteiger partial charge in [-0.25, -0.2) is 0 Å². The summed E-state index contributed by atoms with van der Waals surface area (Å²) in [5, 5.41) is 5.02. The summed E-state index contributed by atoms with van der Waals surface area (Å²) in [4.78, 5) is 5.27. The molecule has 366 valence electrons. The normalized spacial score (nSPS) is 21.9. The Labute approximate surface area is 447 Å². The first-order chi connectivity index (χ1) is 37.1. The van der Waals surface area contributed by atoms with E-state index in [1.807, 2.05) is 0 Å². The Morgan fingerprint density at radius 1 is 0.263 bits per heavy atom. The lowest BCUT2D eigenvalue weighted by Gasteiger charge is -2.56. The van der Waals surface area contributed by atoms with Gasteiger partial charge in [0.2, 0.25) is 0 Å². The van der Waals surface area contributed by atoms with Crippen molar-refractivity contribution in [1.82, 2.24) is 0 Å². The first-order valence-electron chi connectivity index (χ1n) is 27.5. The number of anilines is 4. The molecule has 4 unspecified atom stereocenters. The van der Waals surface area contributed by atoms with Gasteiger partial charge in [0.25, 0.3) is 0 Å². The van der Waals surface area contributed by atoms with Gasteiger partial charge in [0.15, 0.2) is 0 Å². The highest BCUT2D eigenvalue weighted by molar-refractivity contribution is 6.22. The van der Waals surface area contributed by atoms with Gasteiger partial charge in [0.1, 0.15) is 0 Å². The standard InChI is InChI=1S/C74H60N2/c1-71-41-43-73(71,3)75(59-21-13-7-14-22-59)67-39-35-57(47-65(67)71)55-33-37-61-63(45-55)69(53-29-25-51(26-30-53)49-17-9-5-10-18-49)62-38-34-56(46-64(62)70(61)54-31-27-52(28-32-54)50-19-11-6-12-20-50)58-36-40-68-66(48-58)72(2)42-44-74(72,4)76(68)60-23-15-8-16-24-60/h5-40,45-48H,41-44H2,1-4H3. The highest BCUT2D eigenvalue weighted by Crippen LogP contribution is 2.67. The molecule has 15 rings (SSSR count). The molecule has 2 aliphatic carbocycles. The maximum Gasteiger partial charge on any atom is 0.0518 e. The molecule has 4 aliphatic rings. The molecule has 0 radical (unpaired) electrons. The van der Waals surface area contributed by atoms with Crippen LogP contribution in [0.25, 0.3) is 88.3 Å². The molecule has 76 heavy (non-hydrogen) atoms. The van der Waals surface area contributed by atoms with Gasteiger partial charge in [-0.1, -0.05) is 196 Å². The summed E-state index contributed by atoms with van der Waals surface area (Å²) < 4.78 is 0. The van der Waals surface area contributed by atoms with E-state index in [0.717, 1.165) is 0 Å². The molecule has 2 saturated carbocycles. The van der Waals surface area contributed by atoms with Crippen LogP contribution in [-0.4, -0.2) is 11.1 Å². The monoisotopic (exact) mass is 976 g/mol. The van der Waals surface area contributed by atoms with Crippen molar-refractivity contribution in [2.45, 2.75) is 75.3 Å². The van der Waals surface area contributed by atoms with Crippen molar-refractivity contribution in [2.75, 3.05) is 9.80 Å². The summed E-state index contributed by atoms with van der Waals surface area (Å²) in [5.74, 6) is 0. The van der Waals surface area contributed by atoms with E-state index in [2.05, 4.69) is 280 Å². The maximum atomic E-state index is 2.63. The predicted molar refractivity (Wildman–Crippen MR) is 321 cm³/mol. The summed E-state index contributed by atoms with van der Waals surface area (Å²) in [6.45, 7) is 9.96. The molecule has 2 fully saturated rings. The summed E-state index contributed by atoms with van der Waals surface area (Å²) in [7, 11) is 0. The van der Waals surface area contributed by atoms with Gasteiger partial charge in [-0.3, -0.25) is 0 Å². The highest BCUT2D eigenvalue weighted by atomic mass is 15.3. The summed E-state index contributed by atoms with van der Waals surface area (Å²) in [5.41, 5.74) is 23.2. The van der Waals surface area contributed by atoms with Crippen LogP contribution >= 0.6 is 0 Å². The topological polar surface area (TPSA) is 6.48 Å². The molecule has 2 nitrogen and oxygen atoms in total. The van der Waals surface area contributed by atoms with E-state index in [0.29, 0.717) is 0 Å². The molecular formula is C74H60N2. The van der Waals surface area contributed by atoms with Gasteiger partial charge in [-0.15, -0.1) is 0 Å². The molecule has 2 heteroatoms. The van der Waals surface area contributed by atoms with Gasteiger partial charge in [-0.05, 0) is 200 Å². The Morgan fingerprint density at radius 2 is 0.566 bits per heavy atom. The van der Waals surface area contributed by atoms with Crippen molar-refractivity contribution in [3.05, 3.63) is 254 Å². The number of para-hydroxylation sites is 2. The minimum Gasteiger partial charge on any atom is -0.334 e. The number of fused-ring (bicyclic) bond motifs is 8. The SMILES string of the molecule is CC12CCC1(C)N(c1ccccc1)c1ccc(-c3ccc4c(-c5ccc(-c6ccccc6)cc5)c5cc(-c6ccc7c(c6)C6(C)CCC6(C)N7c6ccccc6)ccc5c(-c5ccc(-c6ccccc6)cc5)c4c3)cc12. The Balaban J connectivity index is 0.950. The molecule has 0 spiro atoms. The second kappa shape index (κ2) is 16.5. The summed E-state index contributed by atoms with van der Waals surface area (Å²) in [6.07, 6.45) is 4.71. The number of nitrogens with zero attached hydrogens (tertiary/aromatic N) is 2. The third-order valence-corrected chi connectivity index (χ3v) is 19.6. The third-order valence-electron chi connectivity index (χ3n) is 19.6. The van der Waals surface area contributed by atoms with E-state index < -0.39 is 0 Å². The molecule has 0 N–H and O–H groups in total. The fraction of sp³-hybridized carbons (Fsp3) is 0.162. The molecule has 2 aliphatic heterocycles. The number of hydrogen-bond acceptors (Lipinski definition) is 2. The van der Waals surface area contributed by atoms with Crippen LogP contribution in [0.15, 0.2) is 243 Å². The van der Waals surface area contributed by atoms with Gasteiger partial charge < -0.3 is 9.80 Å². The molecule has 2 heterocycles. The lowest BCUT2D eigenvalue weighted by molar-refractivity contribution is 0.133. The van der Waals surface area contributed by atoms with E-state index in [1.54, 1.807) is 0 Å². The molecule has 0 saturated heterocycles. The highest BCUT2D eigenvalue weighted by Gasteiger charge is 2.64. The van der Waals surface area contributed by atoms with E-state index in [4.69, 9.17) is 0 Å². The van der Waals surface area contributed by atoms with Crippen LogP contribution in [0.1, 0.15) is 64.5 Å². The van der Waals surface area contributed by atoms with Gasteiger partial charge in [0, 0.05) is 33.6 Å². The van der Waals surface area contributed by atoms with Crippen molar-refractivity contribution in [3.8, 4) is 66.8 Å². The molecule has 4 atom stereocenters.